The molecule has 0 unspecified atom stereocenters. The summed E-state index contributed by atoms with van der Waals surface area (Å²) in [5, 5.41) is 1.98. The van der Waals surface area contributed by atoms with E-state index in [1.165, 1.54) is 63.4 Å². The summed E-state index contributed by atoms with van der Waals surface area (Å²) in [6.45, 7) is 4.24. The number of hydrogen-bond donors (Lipinski definition) is 0. The van der Waals surface area contributed by atoms with Crippen LogP contribution >= 0.6 is 0 Å². The third-order valence-corrected chi connectivity index (χ3v) is 10.4. The zero-order valence-electron chi connectivity index (χ0n) is 24.7. The van der Waals surface area contributed by atoms with Crippen molar-refractivity contribution in [2.24, 2.45) is 18.9 Å². The summed E-state index contributed by atoms with van der Waals surface area (Å²) in [5.41, 5.74) is 8.76. The maximum absolute atomic E-state index is 15.7. The molecule has 0 spiro atoms. The highest BCUT2D eigenvalue weighted by Gasteiger charge is 2.30. The van der Waals surface area contributed by atoms with E-state index in [2.05, 4.69) is 74.1 Å². The van der Waals surface area contributed by atoms with E-state index >= 15 is 4.39 Å². The highest BCUT2D eigenvalue weighted by Crippen LogP contribution is 2.45. The number of aromatic nitrogens is 1. The van der Waals surface area contributed by atoms with Crippen LogP contribution in [0, 0.1) is 31.5 Å². The number of benzene rings is 3. The molecule has 5 aromatic rings. The number of hydrogen-bond acceptors (Lipinski definition) is 1. The lowest BCUT2D eigenvalue weighted by Gasteiger charge is -2.36. The number of furan rings is 1. The first kappa shape index (κ1) is 26.4. The number of aryl methyl sites for hydroxylation is 3. The molecule has 0 radical (unpaired) electrons. The monoisotopic (exact) mass is 546 g/mol. The molecule has 3 heteroatoms. The van der Waals surface area contributed by atoms with Crippen molar-refractivity contribution in [3.63, 3.8) is 0 Å². The average Bonchev–Trinajstić information content (AvgIpc) is 3.37. The predicted octanol–water partition coefficient (Wildman–Crippen LogP) is 10.4. The third-order valence-electron chi connectivity index (χ3n) is 10.4. The first-order chi connectivity index (χ1) is 20.0. The zero-order valence-corrected chi connectivity index (χ0v) is 24.7. The van der Waals surface area contributed by atoms with Gasteiger partial charge >= 0.3 is 0 Å². The standard InChI is InChI=1S/C38H41FNO/c1-24-12-18-31-32-20-21-33(39)36(38(32)41-37(31)35(24)34-11-7-8-22-40(34)3)30-19-17-29(23-25(30)2)28-15-13-27(14-16-28)26-9-5-4-6-10-26/h7-8,11-12,17-23,26-28H,4-6,9-10,13-16H2,1-3H3/q+1. The highest BCUT2D eigenvalue weighted by molar-refractivity contribution is 6.13. The molecule has 2 aliphatic carbocycles. The molecule has 0 aliphatic heterocycles. The van der Waals surface area contributed by atoms with Crippen LogP contribution in [0.25, 0.3) is 44.3 Å². The van der Waals surface area contributed by atoms with E-state index in [4.69, 9.17) is 4.42 Å². The van der Waals surface area contributed by atoms with Gasteiger partial charge in [-0.25, -0.2) is 8.96 Å². The first-order valence-electron chi connectivity index (χ1n) is 15.7. The van der Waals surface area contributed by atoms with Crippen molar-refractivity contribution in [3.8, 4) is 22.4 Å². The van der Waals surface area contributed by atoms with Crippen molar-refractivity contribution in [1.29, 1.82) is 0 Å². The van der Waals surface area contributed by atoms with E-state index in [1.807, 2.05) is 12.1 Å². The molecule has 0 atom stereocenters. The Morgan fingerprint density at radius 1 is 0.707 bits per heavy atom. The summed E-state index contributed by atoms with van der Waals surface area (Å²) in [4.78, 5) is 0. The summed E-state index contributed by atoms with van der Waals surface area (Å²) in [7, 11) is 2.05. The van der Waals surface area contributed by atoms with Crippen molar-refractivity contribution in [1.82, 2.24) is 0 Å². The number of rotatable bonds is 4. The minimum Gasteiger partial charge on any atom is -0.454 e. The number of nitrogens with zero attached hydrogens (tertiary/aromatic N) is 1. The van der Waals surface area contributed by atoms with Gasteiger partial charge < -0.3 is 4.42 Å². The van der Waals surface area contributed by atoms with Gasteiger partial charge in [-0.05, 0) is 97.7 Å². The van der Waals surface area contributed by atoms with Crippen molar-refractivity contribution in [3.05, 3.63) is 89.4 Å². The molecule has 210 valence electrons. The van der Waals surface area contributed by atoms with E-state index in [-0.39, 0.29) is 5.82 Å². The molecule has 0 saturated heterocycles. The molecule has 2 heterocycles. The van der Waals surface area contributed by atoms with Crippen LogP contribution in [-0.2, 0) is 7.05 Å². The van der Waals surface area contributed by atoms with Crippen LogP contribution in [0.1, 0.15) is 80.4 Å². The van der Waals surface area contributed by atoms with E-state index in [0.717, 1.165) is 56.1 Å². The number of halogens is 1. The van der Waals surface area contributed by atoms with Gasteiger partial charge in [-0.3, -0.25) is 0 Å². The van der Waals surface area contributed by atoms with E-state index < -0.39 is 0 Å². The summed E-state index contributed by atoms with van der Waals surface area (Å²) < 4.78 is 24.5. The normalized spacial score (nSPS) is 20.2. The first-order valence-corrected chi connectivity index (χ1v) is 15.7. The van der Waals surface area contributed by atoms with Gasteiger partial charge in [-0.2, -0.15) is 0 Å². The van der Waals surface area contributed by atoms with Crippen LogP contribution in [0.5, 0.6) is 0 Å². The maximum atomic E-state index is 15.7. The SMILES string of the molecule is Cc1cc(C2CCC(C3CCCCC3)CC2)ccc1-c1c(F)ccc2c1oc1c(-c3cccc[n+]3C)c(C)ccc12. The van der Waals surface area contributed by atoms with E-state index in [9.17, 15) is 0 Å². The maximum Gasteiger partial charge on any atom is 0.216 e. The van der Waals surface area contributed by atoms with Gasteiger partial charge in [0.05, 0.1) is 11.1 Å². The lowest BCUT2D eigenvalue weighted by molar-refractivity contribution is -0.660. The number of pyridine rings is 1. The van der Waals surface area contributed by atoms with Crippen LogP contribution in [0.2, 0.25) is 0 Å². The Hall–Kier alpha value is -3.46. The van der Waals surface area contributed by atoms with E-state index in [1.54, 1.807) is 6.07 Å². The highest BCUT2D eigenvalue weighted by atomic mass is 19.1. The van der Waals surface area contributed by atoms with Gasteiger partial charge in [-0.15, -0.1) is 0 Å². The van der Waals surface area contributed by atoms with Crippen LogP contribution in [0.3, 0.4) is 0 Å². The quantitative estimate of drug-likeness (QED) is 0.205. The van der Waals surface area contributed by atoms with Gasteiger partial charge in [0.15, 0.2) is 6.20 Å². The molecular formula is C38H41FNO+. The van der Waals surface area contributed by atoms with Gasteiger partial charge in [0.2, 0.25) is 5.69 Å². The van der Waals surface area contributed by atoms with Gasteiger partial charge in [0, 0.05) is 22.9 Å². The van der Waals surface area contributed by atoms with Crippen molar-refractivity contribution >= 4 is 21.9 Å². The fourth-order valence-electron chi connectivity index (χ4n) is 8.08. The van der Waals surface area contributed by atoms with Crippen molar-refractivity contribution in [2.75, 3.05) is 0 Å². The molecule has 2 nitrogen and oxygen atoms in total. The van der Waals surface area contributed by atoms with Gasteiger partial charge in [0.25, 0.3) is 0 Å². The van der Waals surface area contributed by atoms with Crippen LogP contribution < -0.4 is 4.57 Å². The second kappa shape index (κ2) is 10.7. The Morgan fingerprint density at radius 2 is 1.41 bits per heavy atom. The van der Waals surface area contributed by atoms with Crippen LogP contribution in [-0.4, -0.2) is 0 Å². The summed E-state index contributed by atoms with van der Waals surface area (Å²) in [5.74, 6) is 2.28. The molecule has 2 aromatic heterocycles. The second-order valence-electron chi connectivity index (χ2n) is 12.8. The van der Waals surface area contributed by atoms with Crippen molar-refractivity contribution < 1.29 is 13.4 Å². The molecular weight excluding hydrogens is 505 g/mol. The lowest BCUT2D eigenvalue weighted by atomic mass is 9.70. The average molecular weight is 547 g/mol. The topological polar surface area (TPSA) is 17.0 Å². The molecule has 2 aliphatic rings. The fourth-order valence-corrected chi connectivity index (χ4v) is 8.08. The van der Waals surface area contributed by atoms with Gasteiger partial charge in [-0.1, -0.05) is 62.4 Å². The molecule has 0 bridgehead atoms. The number of fused-ring (bicyclic) bond motifs is 3. The summed E-state index contributed by atoms with van der Waals surface area (Å²) in [6, 6.07) is 20.7. The second-order valence-corrected chi connectivity index (χ2v) is 12.8. The predicted molar refractivity (Wildman–Crippen MR) is 166 cm³/mol. The van der Waals surface area contributed by atoms with Gasteiger partial charge in [0.1, 0.15) is 24.0 Å². The Kier molecular flexibility index (Phi) is 6.93. The Balaban J connectivity index is 1.25. The Morgan fingerprint density at radius 3 is 2.15 bits per heavy atom. The lowest BCUT2D eigenvalue weighted by Crippen LogP contribution is -2.30. The third kappa shape index (κ3) is 4.68. The van der Waals surface area contributed by atoms with Crippen LogP contribution in [0.4, 0.5) is 4.39 Å². The fraction of sp³-hybridized carbons (Fsp3) is 0.395. The minimum absolute atomic E-state index is 0.232. The molecule has 3 aromatic carbocycles. The molecule has 2 saturated carbocycles. The zero-order chi connectivity index (χ0) is 28.1. The molecule has 0 N–H and O–H groups in total. The molecule has 41 heavy (non-hydrogen) atoms. The largest absolute Gasteiger partial charge is 0.454 e. The van der Waals surface area contributed by atoms with E-state index in [0.29, 0.717) is 17.1 Å². The Labute approximate surface area is 243 Å². The minimum atomic E-state index is -0.232. The summed E-state index contributed by atoms with van der Waals surface area (Å²) in [6.07, 6.45) is 14.6. The molecule has 0 amide bonds. The van der Waals surface area contributed by atoms with Crippen LogP contribution in [0.15, 0.2) is 71.3 Å². The molecule has 7 rings (SSSR count). The van der Waals surface area contributed by atoms with Crippen molar-refractivity contribution in [2.45, 2.75) is 77.6 Å². The Bertz CT molecular complexity index is 1730. The molecule has 2 fully saturated rings. The smallest absolute Gasteiger partial charge is 0.216 e. The summed E-state index contributed by atoms with van der Waals surface area (Å²) >= 11 is 0.